The molecule has 1 fully saturated rings. The van der Waals surface area contributed by atoms with Gasteiger partial charge in [-0.3, -0.25) is 9.59 Å². The summed E-state index contributed by atoms with van der Waals surface area (Å²) >= 11 is 12.1. The van der Waals surface area contributed by atoms with E-state index in [1.807, 2.05) is 4.90 Å². The minimum Gasteiger partial charge on any atom is -0.452 e. The highest BCUT2D eigenvalue weighted by Crippen LogP contribution is 2.36. The number of carbonyl (C=O) groups excluding carboxylic acids is 2. The van der Waals surface area contributed by atoms with E-state index in [2.05, 4.69) is 12.2 Å². The van der Waals surface area contributed by atoms with Crippen LogP contribution in [0.1, 0.15) is 32.3 Å². The number of esters is 1. The number of alkyl halides is 3. The number of ether oxygens (including phenoxy) is 1. The van der Waals surface area contributed by atoms with Crippen LogP contribution in [0.4, 0.5) is 18.9 Å². The first-order valence-corrected chi connectivity index (χ1v) is 11.0. The lowest BCUT2D eigenvalue weighted by Gasteiger charge is -2.31. The highest BCUT2D eigenvalue weighted by atomic mass is 35.5. The zero-order valence-corrected chi connectivity index (χ0v) is 18.8. The lowest BCUT2D eigenvalue weighted by atomic mass is 10.00. The molecule has 5 nitrogen and oxygen atoms in total. The fraction of sp³-hybridized carbons (Fsp3) is 0.526. The molecule has 1 aliphatic heterocycles. The summed E-state index contributed by atoms with van der Waals surface area (Å²) in [4.78, 5) is 26.3. The van der Waals surface area contributed by atoms with Crippen molar-refractivity contribution in [2.45, 2.75) is 39.0 Å². The molecule has 1 aromatic carbocycles. The summed E-state index contributed by atoms with van der Waals surface area (Å²) in [7, 11) is 0. The highest BCUT2D eigenvalue weighted by Gasteiger charge is 2.34. The number of benzene rings is 1. The molecule has 0 saturated carbocycles. The lowest BCUT2D eigenvalue weighted by molar-refractivity contribution is -0.150. The number of rotatable bonds is 5. The molecule has 1 amide bonds. The van der Waals surface area contributed by atoms with Gasteiger partial charge in [-0.05, 0) is 43.9 Å². The Kier molecular flexibility index (Phi) is 8.81. The van der Waals surface area contributed by atoms with Gasteiger partial charge in [0, 0.05) is 18.1 Å². The van der Waals surface area contributed by atoms with Crippen molar-refractivity contribution in [1.82, 2.24) is 4.90 Å². The molecule has 1 saturated heterocycles. The second-order valence-corrected chi connectivity index (χ2v) is 9.08. The summed E-state index contributed by atoms with van der Waals surface area (Å²) in [5.41, 5.74) is -1.55. The minimum absolute atomic E-state index is 0.0861. The van der Waals surface area contributed by atoms with Gasteiger partial charge in [-0.2, -0.15) is 13.2 Å². The van der Waals surface area contributed by atoms with E-state index in [1.54, 1.807) is 0 Å². The summed E-state index contributed by atoms with van der Waals surface area (Å²) in [5.74, 6) is -0.995. The topological polar surface area (TPSA) is 58.6 Å². The predicted octanol–water partition coefficient (Wildman–Crippen LogP) is 4.98. The summed E-state index contributed by atoms with van der Waals surface area (Å²) < 4.78 is 45.0. The number of nitrogens with zero attached hydrogens (tertiary/aromatic N) is 1. The van der Waals surface area contributed by atoms with Gasteiger partial charge in [0.2, 0.25) is 0 Å². The van der Waals surface area contributed by atoms with E-state index in [4.69, 9.17) is 28.6 Å². The maximum absolute atomic E-state index is 13.1. The molecule has 1 atom stereocenters. The van der Waals surface area contributed by atoms with E-state index in [1.165, 1.54) is 13.0 Å². The quantitative estimate of drug-likeness (QED) is 0.472. The van der Waals surface area contributed by atoms with Crippen LogP contribution in [0.3, 0.4) is 0 Å². The first kappa shape index (κ1) is 24.7. The van der Waals surface area contributed by atoms with Crippen LogP contribution in [0, 0.1) is 5.92 Å². The molecule has 30 heavy (non-hydrogen) atoms. The number of amides is 1. The Morgan fingerprint density at radius 3 is 2.60 bits per heavy atom. The summed E-state index contributed by atoms with van der Waals surface area (Å²) in [6, 6.07) is 2.99. The third-order valence-corrected chi connectivity index (χ3v) is 6.31. The maximum atomic E-state index is 13.1. The van der Waals surface area contributed by atoms with Crippen molar-refractivity contribution in [3.63, 3.8) is 0 Å². The number of likely N-dealkylation sites (tertiary alicyclic amines) is 1. The van der Waals surface area contributed by atoms with Crippen molar-refractivity contribution in [3.8, 4) is 0 Å². The monoisotopic (exact) mass is 482 g/mol. The van der Waals surface area contributed by atoms with Crippen LogP contribution in [0.5, 0.6) is 0 Å². The van der Waals surface area contributed by atoms with Crippen LogP contribution < -0.4 is 5.32 Å². The molecule has 1 heterocycles. The maximum Gasteiger partial charge on any atom is 0.418 e. The van der Waals surface area contributed by atoms with Crippen molar-refractivity contribution < 1.29 is 27.5 Å². The van der Waals surface area contributed by atoms with E-state index < -0.39 is 35.4 Å². The Morgan fingerprint density at radius 2 is 2.00 bits per heavy atom. The van der Waals surface area contributed by atoms with Crippen LogP contribution >= 0.6 is 35.6 Å². The van der Waals surface area contributed by atoms with Crippen LogP contribution in [-0.4, -0.2) is 46.0 Å². The van der Waals surface area contributed by atoms with Crippen molar-refractivity contribution in [2.75, 3.05) is 24.2 Å². The fourth-order valence-electron chi connectivity index (χ4n) is 2.78. The van der Waals surface area contributed by atoms with Gasteiger partial charge in [0.25, 0.3) is 5.91 Å². The van der Waals surface area contributed by atoms with Gasteiger partial charge >= 0.3 is 12.1 Å². The third-order valence-electron chi connectivity index (χ3n) is 4.58. The smallest absolute Gasteiger partial charge is 0.418 e. The molecule has 0 bridgehead atoms. The Bertz CT molecular complexity index is 800. The lowest BCUT2D eigenvalue weighted by Crippen LogP contribution is -2.36. The van der Waals surface area contributed by atoms with Gasteiger partial charge in [-0.1, -0.05) is 42.5 Å². The van der Waals surface area contributed by atoms with Crippen molar-refractivity contribution >= 4 is 57.5 Å². The van der Waals surface area contributed by atoms with Crippen molar-refractivity contribution in [3.05, 3.63) is 28.8 Å². The van der Waals surface area contributed by atoms with Gasteiger partial charge in [-0.25, -0.2) is 0 Å². The second kappa shape index (κ2) is 10.7. The number of anilines is 1. The normalized spacial score (nSPS) is 16.1. The van der Waals surface area contributed by atoms with Gasteiger partial charge < -0.3 is 15.0 Å². The van der Waals surface area contributed by atoms with Gasteiger partial charge in [0.15, 0.2) is 6.10 Å². The molecule has 0 aliphatic carbocycles. The predicted molar refractivity (Wildman–Crippen MR) is 116 cm³/mol. The Morgan fingerprint density at radius 1 is 1.37 bits per heavy atom. The number of thioether (sulfide) groups is 1. The largest absolute Gasteiger partial charge is 0.452 e. The van der Waals surface area contributed by atoms with E-state index in [9.17, 15) is 22.8 Å². The summed E-state index contributed by atoms with van der Waals surface area (Å²) in [5, 5.41) is 2.02. The number of thiocarbonyl (C=S) groups is 1. The molecule has 166 valence electrons. The van der Waals surface area contributed by atoms with Gasteiger partial charge in [0.1, 0.15) is 4.32 Å². The number of halogens is 4. The van der Waals surface area contributed by atoms with Crippen molar-refractivity contribution in [2.24, 2.45) is 5.92 Å². The Balaban J connectivity index is 1.86. The molecule has 1 aliphatic rings. The third kappa shape index (κ3) is 7.31. The molecule has 1 aromatic rings. The van der Waals surface area contributed by atoms with Gasteiger partial charge in [-0.15, -0.1) is 0 Å². The molecular weight excluding hydrogens is 461 g/mol. The van der Waals surface area contributed by atoms with E-state index in [0.29, 0.717) is 16.3 Å². The van der Waals surface area contributed by atoms with E-state index in [0.717, 1.165) is 43.8 Å². The number of carbonyl (C=O) groups is 2. The molecule has 0 spiro atoms. The first-order chi connectivity index (χ1) is 14.0. The van der Waals surface area contributed by atoms with Crippen molar-refractivity contribution in [1.29, 1.82) is 0 Å². The molecule has 0 aromatic heterocycles. The zero-order chi connectivity index (χ0) is 22.5. The number of hydrogen-bond donors (Lipinski definition) is 1. The minimum atomic E-state index is -4.70. The highest BCUT2D eigenvalue weighted by molar-refractivity contribution is 8.23. The average molecular weight is 483 g/mol. The SMILES string of the molecule is CC1CCN(C(=S)SCC(=O)OC(C)C(=O)Nc2ccc(Cl)cc2C(F)(F)F)CC1. The Labute approximate surface area is 187 Å². The van der Waals surface area contributed by atoms with Crippen LogP contribution in [-0.2, 0) is 20.5 Å². The Hall–Kier alpha value is -1.52. The fourth-order valence-corrected chi connectivity index (χ4v) is 3.99. The van der Waals surface area contributed by atoms with Gasteiger partial charge in [0.05, 0.1) is 17.0 Å². The summed E-state index contributed by atoms with van der Waals surface area (Å²) in [6.07, 6.45) is -3.91. The molecule has 11 heteroatoms. The number of hydrogen-bond acceptors (Lipinski definition) is 5. The zero-order valence-electron chi connectivity index (χ0n) is 16.4. The van der Waals surface area contributed by atoms with E-state index in [-0.39, 0.29) is 10.8 Å². The average Bonchev–Trinajstić information content (AvgIpc) is 2.67. The molecule has 1 N–H and O–H groups in total. The second-order valence-electron chi connectivity index (χ2n) is 7.03. The first-order valence-electron chi connectivity index (χ1n) is 9.26. The molecule has 0 radical (unpaired) electrons. The number of nitrogens with one attached hydrogen (secondary N) is 1. The van der Waals surface area contributed by atoms with Crippen LogP contribution in [0.25, 0.3) is 0 Å². The standard InChI is InChI=1S/C19H22ClF3N2O3S2/c1-11-5-7-25(8-6-11)18(29)30-10-16(26)28-12(2)17(27)24-15-4-3-13(20)9-14(15)19(21,22)23/h3-4,9,11-12H,5-8,10H2,1-2H3,(H,24,27). The van der Waals surface area contributed by atoms with E-state index >= 15 is 0 Å². The molecule has 2 rings (SSSR count). The summed E-state index contributed by atoms with van der Waals surface area (Å²) in [6.45, 7) is 5.14. The molecule has 1 unspecified atom stereocenters. The van der Waals surface area contributed by atoms with Crippen LogP contribution in [0.2, 0.25) is 5.02 Å². The number of piperidine rings is 1. The molecular formula is C19H22ClF3N2O3S2. The van der Waals surface area contributed by atoms with Crippen LogP contribution in [0.15, 0.2) is 18.2 Å².